The summed E-state index contributed by atoms with van der Waals surface area (Å²) < 4.78 is 12.9. The van der Waals surface area contributed by atoms with Crippen molar-refractivity contribution in [3.05, 3.63) is 47.3 Å². The van der Waals surface area contributed by atoms with Crippen LogP contribution < -0.4 is 5.73 Å². The van der Waals surface area contributed by atoms with E-state index in [9.17, 15) is 4.39 Å². The minimum atomic E-state index is -0.207. The Balaban J connectivity index is 1.93. The molecule has 5 heteroatoms. The van der Waals surface area contributed by atoms with Crippen LogP contribution in [0.1, 0.15) is 17.2 Å². The Labute approximate surface area is 99.1 Å². The highest BCUT2D eigenvalue weighted by Gasteiger charge is 2.03. The lowest BCUT2D eigenvalue weighted by atomic mass is 10.1. The fourth-order valence-electron chi connectivity index (χ4n) is 1.64. The maximum absolute atomic E-state index is 12.9. The van der Waals surface area contributed by atoms with Crippen molar-refractivity contribution in [1.29, 1.82) is 0 Å². The summed E-state index contributed by atoms with van der Waals surface area (Å²) in [6.07, 6.45) is 2.13. The lowest BCUT2D eigenvalue weighted by molar-refractivity contribution is 0.625. The van der Waals surface area contributed by atoms with Crippen molar-refractivity contribution >= 4 is 0 Å². The first kappa shape index (κ1) is 11.7. The van der Waals surface area contributed by atoms with Gasteiger partial charge in [0, 0.05) is 12.8 Å². The first-order valence-electron chi connectivity index (χ1n) is 5.62. The second-order valence-electron chi connectivity index (χ2n) is 3.87. The highest BCUT2D eigenvalue weighted by molar-refractivity contribution is 5.17. The van der Waals surface area contributed by atoms with Gasteiger partial charge < -0.3 is 5.73 Å². The summed E-state index contributed by atoms with van der Waals surface area (Å²) in [5, 5.41) is 6.93. The van der Waals surface area contributed by atoms with Gasteiger partial charge in [-0.2, -0.15) is 5.10 Å². The molecule has 0 radical (unpaired) electrons. The van der Waals surface area contributed by atoms with Crippen LogP contribution in [0.5, 0.6) is 0 Å². The van der Waals surface area contributed by atoms with Crippen LogP contribution in [0, 0.1) is 5.82 Å². The standard InChI is InChI=1S/C12H15FN4/c13-10-3-1-2-9(8-10)4-5-11-15-12(6-7-14)17-16-11/h1-3,8H,4-7,14H2,(H,15,16,17). The third-order valence-corrected chi connectivity index (χ3v) is 2.49. The normalized spacial score (nSPS) is 10.7. The summed E-state index contributed by atoms with van der Waals surface area (Å²) in [6.45, 7) is 0.554. The van der Waals surface area contributed by atoms with E-state index >= 15 is 0 Å². The molecular weight excluding hydrogens is 219 g/mol. The van der Waals surface area contributed by atoms with Gasteiger partial charge in [-0.15, -0.1) is 0 Å². The van der Waals surface area contributed by atoms with Crippen molar-refractivity contribution < 1.29 is 4.39 Å². The van der Waals surface area contributed by atoms with Gasteiger partial charge in [-0.25, -0.2) is 9.37 Å². The van der Waals surface area contributed by atoms with E-state index in [2.05, 4.69) is 15.2 Å². The van der Waals surface area contributed by atoms with Gasteiger partial charge in [0.1, 0.15) is 11.6 Å². The Morgan fingerprint density at radius 1 is 1.24 bits per heavy atom. The Bertz CT molecular complexity index is 481. The van der Waals surface area contributed by atoms with Gasteiger partial charge in [0.15, 0.2) is 5.82 Å². The van der Waals surface area contributed by atoms with Crippen molar-refractivity contribution in [3.8, 4) is 0 Å². The van der Waals surface area contributed by atoms with Crippen LogP contribution in [0.15, 0.2) is 24.3 Å². The third kappa shape index (κ3) is 3.35. The number of aromatic amines is 1. The summed E-state index contributed by atoms with van der Waals surface area (Å²) in [6, 6.07) is 6.59. The van der Waals surface area contributed by atoms with Crippen molar-refractivity contribution in [2.75, 3.05) is 6.54 Å². The molecule has 2 aromatic rings. The molecule has 90 valence electrons. The Morgan fingerprint density at radius 2 is 2.12 bits per heavy atom. The maximum Gasteiger partial charge on any atom is 0.151 e. The number of benzene rings is 1. The van der Waals surface area contributed by atoms with E-state index in [1.165, 1.54) is 12.1 Å². The predicted octanol–water partition coefficient (Wildman–Crippen LogP) is 1.23. The van der Waals surface area contributed by atoms with Crippen LogP contribution in [0.3, 0.4) is 0 Å². The summed E-state index contributed by atoms with van der Waals surface area (Å²) in [7, 11) is 0. The lowest BCUT2D eigenvalue weighted by Crippen LogP contribution is -2.04. The quantitative estimate of drug-likeness (QED) is 0.817. The number of rotatable bonds is 5. The second-order valence-corrected chi connectivity index (χ2v) is 3.87. The molecule has 17 heavy (non-hydrogen) atoms. The van der Waals surface area contributed by atoms with Gasteiger partial charge in [-0.3, -0.25) is 5.10 Å². The topological polar surface area (TPSA) is 67.6 Å². The fraction of sp³-hybridized carbons (Fsp3) is 0.333. The van der Waals surface area contributed by atoms with Crippen molar-refractivity contribution in [2.24, 2.45) is 5.73 Å². The molecule has 0 fully saturated rings. The van der Waals surface area contributed by atoms with E-state index in [-0.39, 0.29) is 5.82 Å². The predicted molar refractivity (Wildman–Crippen MR) is 62.9 cm³/mol. The SMILES string of the molecule is NCCc1nc(CCc2cccc(F)c2)n[nH]1. The molecule has 0 bridgehead atoms. The third-order valence-electron chi connectivity index (χ3n) is 2.49. The smallest absolute Gasteiger partial charge is 0.151 e. The van der Waals surface area contributed by atoms with Gasteiger partial charge in [0.2, 0.25) is 0 Å². The number of aryl methyl sites for hydroxylation is 2. The molecule has 3 N–H and O–H groups in total. The van der Waals surface area contributed by atoms with Gasteiger partial charge in [-0.05, 0) is 30.7 Å². The summed E-state index contributed by atoms with van der Waals surface area (Å²) in [5.74, 6) is 1.35. The molecule has 0 aliphatic rings. The monoisotopic (exact) mass is 234 g/mol. The largest absolute Gasteiger partial charge is 0.330 e. The fourth-order valence-corrected chi connectivity index (χ4v) is 1.64. The zero-order chi connectivity index (χ0) is 12.1. The molecule has 0 spiro atoms. The van der Waals surface area contributed by atoms with E-state index in [1.807, 2.05) is 6.07 Å². The molecule has 0 atom stereocenters. The number of aromatic nitrogens is 3. The minimum absolute atomic E-state index is 0.207. The number of hydrogen-bond acceptors (Lipinski definition) is 3. The van der Waals surface area contributed by atoms with Crippen LogP contribution in [0.25, 0.3) is 0 Å². The average molecular weight is 234 g/mol. The maximum atomic E-state index is 12.9. The van der Waals surface area contributed by atoms with E-state index in [1.54, 1.807) is 6.07 Å². The van der Waals surface area contributed by atoms with Crippen LogP contribution >= 0.6 is 0 Å². The Hall–Kier alpha value is -1.75. The summed E-state index contributed by atoms with van der Waals surface area (Å²) in [5.41, 5.74) is 6.38. The Morgan fingerprint density at radius 3 is 2.88 bits per heavy atom. The summed E-state index contributed by atoms with van der Waals surface area (Å²) in [4.78, 5) is 4.30. The molecule has 1 aromatic carbocycles. The molecule has 1 aromatic heterocycles. The number of nitrogens with zero attached hydrogens (tertiary/aromatic N) is 2. The van der Waals surface area contributed by atoms with Gasteiger partial charge >= 0.3 is 0 Å². The highest BCUT2D eigenvalue weighted by atomic mass is 19.1. The molecule has 0 saturated carbocycles. The van der Waals surface area contributed by atoms with E-state index in [0.717, 1.165) is 23.6 Å². The molecule has 1 heterocycles. The molecule has 2 rings (SSSR count). The molecule has 0 saturated heterocycles. The van der Waals surface area contributed by atoms with Crippen LogP contribution in [-0.4, -0.2) is 21.7 Å². The Kier molecular flexibility index (Phi) is 3.82. The second kappa shape index (κ2) is 5.54. The van der Waals surface area contributed by atoms with Crippen LogP contribution in [-0.2, 0) is 19.3 Å². The van der Waals surface area contributed by atoms with Crippen LogP contribution in [0.2, 0.25) is 0 Å². The number of nitrogens with two attached hydrogens (primary N) is 1. The van der Waals surface area contributed by atoms with E-state index in [4.69, 9.17) is 5.73 Å². The van der Waals surface area contributed by atoms with Gasteiger partial charge in [0.25, 0.3) is 0 Å². The molecule has 0 unspecified atom stereocenters. The van der Waals surface area contributed by atoms with Gasteiger partial charge in [0.05, 0.1) is 0 Å². The minimum Gasteiger partial charge on any atom is -0.330 e. The zero-order valence-corrected chi connectivity index (χ0v) is 9.49. The number of nitrogens with one attached hydrogen (secondary N) is 1. The van der Waals surface area contributed by atoms with E-state index in [0.29, 0.717) is 19.4 Å². The molecule has 0 amide bonds. The molecule has 4 nitrogen and oxygen atoms in total. The van der Waals surface area contributed by atoms with Crippen molar-refractivity contribution in [2.45, 2.75) is 19.3 Å². The number of H-pyrrole nitrogens is 1. The number of halogens is 1. The molecular formula is C12H15FN4. The van der Waals surface area contributed by atoms with E-state index < -0.39 is 0 Å². The zero-order valence-electron chi connectivity index (χ0n) is 9.49. The first-order valence-corrected chi connectivity index (χ1v) is 5.62. The first-order chi connectivity index (χ1) is 8.28. The van der Waals surface area contributed by atoms with Gasteiger partial charge in [-0.1, -0.05) is 12.1 Å². The molecule has 0 aliphatic carbocycles. The summed E-state index contributed by atoms with van der Waals surface area (Å²) >= 11 is 0. The highest BCUT2D eigenvalue weighted by Crippen LogP contribution is 2.06. The number of hydrogen-bond donors (Lipinski definition) is 2. The van der Waals surface area contributed by atoms with Crippen LogP contribution in [0.4, 0.5) is 4.39 Å². The molecule has 0 aliphatic heterocycles. The lowest BCUT2D eigenvalue weighted by Gasteiger charge is -1.98. The van der Waals surface area contributed by atoms with Crippen molar-refractivity contribution in [1.82, 2.24) is 15.2 Å². The van der Waals surface area contributed by atoms with Crippen molar-refractivity contribution in [3.63, 3.8) is 0 Å². The average Bonchev–Trinajstić information content (AvgIpc) is 2.75.